The Labute approximate surface area is 112 Å². The Hall–Kier alpha value is -0.0651. The van der Waals surface area contributed by atoms with Gasteiger partial charge >= 0.3 is 7.12 Å². The maximum Gasteiger partial charge on any atom is 0.463 e. The largest absolute Gasteiger partial charge is 0.463 e. The summed E-state index contributed by atoms with van der Waals surface area (Å²) < 4.78 is 28.0. The van der Waals surface area contributed by atoms with E-state index in [-0.39, 0.29) is 30.2 Å². The highest BCUT2D eigenvalue weighted by Gasteiger charge is 2.53. The predicted octanol–water partition coefficient (Wildman–Crippen LogP) is 2.58. The SMILES string of the molecule is CC(N=S(C)(C)=O)[C@@H](C)B1OC(C)(C)C(C)(C)O1. The van der Waals surface area contributed by atoms with Crippen molar-refractivity contribution in [2.45, 2.75) is 64.6 Å². The minimum Gasteiger partial charge on any atom is -0.403 e. The van der Waals surface area contributed by atoms with Gasteiger partial charge in [0.05, 0.1) is 17.2 Å². The molecule has 1 heterocycles. The third kappa shape index (κ3) is 3.49. The summed E-state index contributed by atoms with van der Waals surface area (Å²) in [6, 6.07) is -0.0535. The first-order valence-electron chi connectivity index (χ1n) is 6.37. The molecule has 0 amide bonds. The van der Waals surface area contributed by atoms with Crippen LogP contribution in [0.15, 0.2) is 4.36 Å². The minimum atomic E-state index is -2.09. The van der Waals surface area contributed by atoms with Crippen LogP contribution in [-0.2, 0) is 19.0 Å². The topological polar surface area (TPSA) is 47.9 Å². The average Bonchev–Trinajstić information content (AvgIpc) is 2.31. The quantitative estimate of drug-likeness (QED) is 0.744. The van der Waals surface area contributed by atoms with Crippen molar-refractivity contribution < 1.29 is 13.5 Å². The van der Waals surface area contributed by atoms with Gasteiger partial charge in [-0.15, -0.1) is 0 Å². The number of hydrogen-bond donors (Lipinski definition) is 0. The van der Waals surface area contributed by atoms with E-state index in [4.69, 9.17) is 9.31 Å². The van der Waals surface area contributed by atoms with E-state index < -0.39 is 9.73 Å². The van der Waals surface area contributed by atoms with Crippen molar-refractivity contribution >= 4 is 16.8 Å². The molecule has 6 heteroatoms. The molecule has 0 aromatic carbocycles. The first-order chi connectivity index (χ1) is 7.86. The van der Waals surface area contributed by atoms with E-state index in [1.165, 1.54) is 0 Å². The van der Waals surface area contributed by atoms with Gasteiger partial charge in [0.1, 0.15) is 0 Å². The summed E-state index contributed by atoms with van der Waals surface area (Å²) >= 11 is 0. The monoisotopic (exact) mass is 275 g/mol. The van der Waals surface area contributed by atoms with Gasteiger partial charge in [0.15, 0.2) is 0 Å². The van der Waals surface area contributed by atoms with E-state index in [9.17, 15) is 4.21 Å². The molecule has 18 heavy (non-hydrogen) atoms. The summed E-state index contributed by atoms with van der Waals surface area (Å²) in [6.07, 6.45) is 3.31. The lowest BCUT2D eigenvalue weighted by atomic mass is 9.69. The highest BCUT2D eigenvalue weighted by molar-refractivity contribution is 7.92. The van der Waals surface area contributed by atoms with Crippen LogP contribution in [0.2, 0.25) is 5.82 Å². The van der Waals surface area contributed by atoms with E-state index in [1.807, 2.05) is 41.5 Å². The van der Waals surface area contributed by atoms with Gasteiger partial charge in [0.25, 0.3) is 0 Å². The molecule has 0 bridgehead atoms. The zero-order valence-corrected chi connectivity index (χ0v) is 13.6. The van der Waals surface area contributed by atoms with E-state index in [2.05, 4.69) is 4.36 Å². The highest BCUT2D eigenvalue weighted by Crippen LogP contribution is 2.40. The Bertz CT molecular complexity index is 403. The van der Waals surface area contributed by atoms with Crippen molar-refractivity contribution in [3.63, 3.8) is 0 Å². The molecule has 0 spiro atoms. The number of rotatable bonds is 3. The third-order valence-corrected chi connectivity index (χ3v) is 4.72. The van der Waals surface area contributed by atoms with Crippen LogP contribution in [0, 0.1) is 0 Å². The second-order valence-corrected chi connectivity index (χ2v) is 9.08. The molecule has 1 aliphatic heterocycles. The molecule has 0 aliphatic carbocycles. The first kappa shape index (κ1) is 16.0. The molecule has 106 valence electrons. The van der Waals surface area contributed by atoms with Crippen molar-refractivity contribution in [2.24, 2.45) is 4.36 Å². The fraction of sp³-hybridized carbons (Fsp3) is 1.00. The van der Waals surface area contributed by atoms with Crippen LogP contribution < -0.4 is 0 Å². The minimum absolute atomic E-state index is 0.0535. The number of hydrogen-bond acceptors (Lipinski definition) is 4. The van der Waals surface area contributed by atoms with Crippen molar-refractivity contribution in [2.75, 3.05) is 12.5 Å². The lowest BCUT2D eigenvalue weighted by Gasteiger charge is -2.32. The molecule has 0 N–H and O–H groups in total. The Kier molecular flexibility index (Phi) is 4.26. The smallest absolute Gasteiger partial charge is 0.403 e. The molecule has 1 saturated heterocycles. The van der Waals surface area contributed by atoms with Gasteiger partial charge in [0.2, 0.25) is 0 Å². The van der Waals surface area contributed by atoms with Crippen molar-refractivity contribution in [3.8, 4) is 0 Å². The van der Waals surface area contributed by atoms with Crippen molar-refractivity contribution in [1.29, 1.82) is 0 Å². The Morgan fingerprint density at radius 1 is 1.06 bits per heavy atom. The maximum atomic E-state index is 11.7. The van der Waals surface area contributed by atoms with Crippen LogP contribution in [0.25, 0.3) is 0 Å². The average molecular weight is 275 g/mol. The lowest BCUT2D eigenvalue weighted by Crippen LogP contribution is -2.41. The Morgan fingerprint density at radius 3 is 1.78 bits per heavy atom. The molecule has 1 aliphatic rings. The van der Waals surface area contributed by atoms with Crippen LogP contribution in [0.5, 0.6) is 0 Å². The molecule has 2 atom stereocenters. The molecular weight excluding hydrogens is 249 g/mol. The van der Waals surface area contributed by atoms with Crippen LogP contribution in [0.3, 0.4) is 0 Å². The summed E-state index contributed by atoms with van der Waals surface area (Å²) in [5.41, 5.74) is -0.656. The third-order valence-electron chi connectivity index (χ3n) is 3.88. The summed E-state index contributed by atoms with van der Waals surface area (Å²) in [5, 5.41) is 0. The summed E-state index contributed by atoms with van der Waals surface area (Å²) in [6.45, 7) is 12.1. The van der Waals surface area contributed by atoms with Gasteiger partial charge in [0, 0.05) is 28.1 Å². The summed E-state index contributed by atoms with van der Waals surface area (Å²) in [5.74, 6) is 0.0757. The Morgan fingerprint density at radius 2 is 1.44 bits per heavy atom. The molecule has 0 saturated carbocycles. The standard InChI is InChI=1S/C12H26BNO3S/c1-9(10(2)14-18(7,8)15)13-16-11(3,4)12(5,6)17-13/h9-10H,1-8H3/t9-,10?/m1/s1. The summed E-state index contributed by atoms with van der Waals surface area (Å²) in [7, 11) is -2.39. The molecule has 0 aromatic heterocycles. The van der Waals surface area contributed by atoms with Gasteiger partial charge in [-0.05, 0) is 34.6 Å². The second kappa shape index (κ2) is 4.80. The molecule has 0 aromatic rings. The molecule has 1 unspecified atom stereocenters. The van der Waals surface area contributed by atoms with Gasteiger partial charge in [-0.2, -0.15) is 0 Å². The molecule has 4 nitrogen and oxygen atoms in total. The normalized spacial score (nSPS) is 25.9. The van der Waals surface area contributed by atoms with Gasteiger partial charge in [-0.25, -0.2) is 4.36 Å². The fourth-order valence-corrected chi connectivity index (χ4v) is 2.82. The zero-order valence-electron chi connectivity index (χ0n) is 12.8. The van der Waals surface area contributed by atoms with Gasteiger partial charge in [-0.1, -0.05) is 6.92 Å². The van der Waals surface area contributed by atoms with Crippen LogP contribution in [-0.4, -0.2) is 41.1 Å². The van der Waals surface area contributed by atoms with E-state index in [0.29, 0.717) is 0 Å². The summed E-state index contributed by atoms with van der Waals surface area (Å²) in [4.78, 5) is 0. The fourth-order valence-electron chi connectivity index (χ4n) is 1.83. The lowest BCUT2D eigenvalue weighted by molar-refractivity contribution is 0.00578. The number of nitrogens with zero attached hydrogens (tertiary/aromatic N) is 1. The maximum absolute atomic E-state index is 11.7. The van der Waals surface area contributed by atoms with E-state index >= 15 is 0 Å². The van der Waals surface area contributed by atoms with Crippen LogP contribution in [0.4, 0.5) is 0 Å². The van der Waals surface area contributed by atoms with E-state index in [0.717, 1.165) is 0 Å². The van der Waals surface area contributed by atoms with Crippen LogP contribution in [0.1, 0.15) is 41.5 Å². The molecule has 0 radical (unpaired) electrons. The van der Waals surface area contributed by atoms with E-state index in [1.54, 1.807) is 12.5 Å². The Balaban J connectivity index is 2.83. The predicted molar refractivity (Wildman–Crippen MR) is 77.4 cm³/mol. The van der Waals surface area contributed by atoms with Crippen molar-refractivity contribution in [1.82, 2.24) is 0 Å². The van der Waals surface area contributed by atoms with Crippen LogP contribution >= 0.6 is 0 Å². The van der Waals surface area contributed by atoms with Crippen molar-refractivity contribution in [3.05, 3.63) is 0 Å². The second-order valence-electron chi connectivity index (χ2n) is 6.51. The highest BCUT2D eigenvalue weighted by atomic mass is 32.2. The molecule has 1 fully saturated rings. The van der Waals surface area contributed by atoms with Gasteiger partial charge in [-0.3, -0.25) is 4.21 Å². The molecular formula is C12H26BNO3S. The van der Waals surface area contributed by atoms with Gasteiger partial charge < -0.3 is 9.31 Å². The first-order valence-corrected chi connectivity index (χ1v) is 8.71. The zero-order chi connectivity index (χ0) is 14.4. The molecule has 1 rings (SSSR count).